The smallest absolute Gasteiger partial charge is 0.245 e. The lowest BCUT2D eigenvalue weighted by atomic mass is 10.1. The maximum Gasteiger partial charge on any atom is 0.245 e. The van der Waals surface area contributed by atoms with Gasteiger partial charge in [0.25, 0.3) is 0 Å². The van der Waals surface area contributed by atoms with Gasteiger partial charge in [0, 0.05) is 24.2 Å². The van der Waals surface area contributed by atoms with E-state index < -0.39 is 5.92 Å². The van der Waals surface area contributed by atoms with Crippen LogP contribution in [0.4, 0.5) is 5.69 Å². The molecule has 2 amide bonds. The van der Waals surface area contributed by atoms with Gasteiger partial charge in [0.15, 0.2) is 0 Å². The summed E-state index contributed by atoms with van der Waals surface area (Å²) in [6.45, 7) is 2.32. The molecule has 1 unspecified atom stereocenters. The fourth-order valence-corrected chi connectivity index (χ4v) is 3.09. The van der Waals surface area contributed by atoms with Gasteiger partial charge in [-0.25, -0.2) is 5.43 Å². The van der Waals surface area contributed by atoms with Crippen LogP contribution in [-0.2, 0) is 9.59 Å². The van der Waals surface area contributed by atoms with Gasteiger partial charge in [0.05, 0.1) is 22.2 Å². The van der Waals surface area contributed by atoms with Crippen molar-refractivity contribution in [2.45, 2.75) is 13.3 Å². The predicted octanol–water partition coefficient (Wildman–Crippen LogP) is 3.81. The van der Waals surface area contributed by atoms with Crippen LogP contribution >= 0.6 is 23.2 Å². The number of carbonyl (C=O) groups is 2. The topological polar surface area (TPSA) is 61.8 Å². The molecule has 0 bridgehead atoms. The number of nitrogens with one attached hydrogen (secondary N) is 1. The maximum absolute atomic E-state index is 12.3. The average molecular weight is 390 g/mol. The van der Waals surface area contributed by atoms with Crippen molar-refractivity contribution in [1.82, 2.24) is 5.43 Å². The molecule has 5 nitrogen and oxygen atoms in total. The Balaban J connectivity index is 1.62. The molecule has 0 saturated carbocycles. The number of rotatable bonds is 4. The highest BCUT2D eigenvalue weighted by Gasteiger charge is 2.35. The Hall–Kier alpha value is -2.37. The Bertz CT molecular complexity index is 866. The number of amides is 2. The zero-order valence-corrected chi connectivity index (χ0v) is 15.6. The van der Waals surface area contributed by atoms with Crippen LogP contribution in [0.25, 0.3) is 0 Å². The highest BCUT2D eigenvalue weighted by atomic mass is 35.5. The Labute approximate surface area is 161 Å². The summed E-state index contributed by atoms with van der Waals surface area (Å²) in [7, 11) is 0. The minimum atomic E-state index is -0.448. The number of hydrogen-bond acceptors (Lipinski definition) is 3. The minimum Gasteiger partial charge on any atom is -0.312 e. The molecule has 2 aromatic rings. The first kappa shape index (κ1) is 18.4. The van der Waals surface area contributed by atoms with Gasteiger partial charge in [-0.3, -0.25) is 9.59 Å². The number of hydrogen-bond donors (Lipinski definition) is 1. The summed E-state index contributed by atoms with van der Waals surface area (Å²) in [5, 5.41) is 4.71. The largest absolute Gasteiger partial charge is 0.312 e. The first-order valence-corrected chi connectivity index (χ1v) is 8.85. The zero-order chi connectivity index (χ0) is 18.7. The van der Waals surface area contributed by atoms with Crippen LogP contribution in [-0.4, -0.2) is 24.6 Å². The maximum atomic E-state index is 12.3. The molecule has 1 heterocycles. The van der Waals surface area contributed by atoms with Crippen molar-refractivity contribution < 1.29 is 9.59 Å². The van der Waals surface area contributed by atoms with E-state index in [-0.39, 0.29) is 18.2 Å². The fourth-order valence-electron chi connectivity index (χ4n) is 2.73. The van der Waals surface area contributed by atoms with E-state index in [9.17, 15) is 9.59 Å². The van der Waals surface area contributed by atoms with Gasteiger partial charge < -0.3 is 4.90 Å². The number of aryl methyl sites for hydroxylation is 1. The van der Waals surface area contributed by atoms with E-state index >= 15 is 0 Å². The third kappa shape index (κ3) is 4.06. The van der Waals surface area contributed by atoms with Crippen molar-refractivity contribution in [3.8, 4) is 0 Å². The van der Waals surface area contributed by atoms with E-state index in [1.165, 1.54) is 6.21 Å². The Kier molecular flexibility index (Phi) is 5.59. The second-order valence-corrected chi connectivity index (χ2v) is 6.90. The molecule has 1 aliphatic heterocycles. The SMILES string of the molecule is Cc1ccc(N2CC(C(=O)N/N=C/c3cccc(Cl)c3Cl)CC2=O)cc1. The number of anilines is 1. The number of benzene rings is 2. The van der Waals surface area contributed by atoms with Crippen LogP contribution in [0.1, 0.15) is 17.5 Å². The average Bonchev–Trinajstić information content (AvgIpc) is 3.01. The Morgan fingerprint density at radius 1 is 1.23 bits per heavy atom. The molecule has 3 rings (SSSR count). The lowest BCUT2D eigenvalue weighted by Crippen LogP contribution is -2.30. The number of nitrogens with zero attached hydrogens (tertiary/aromatic N) is 2. The van der Waals surface area contributed by atoms with Crippen molar-refractivity contribution in [2.24, 2.45) is 11.0 Å². The van der Waals surface area contributed by atoms with Crippen molar-refractivity contribution in [2.75, 3.05) is 11.4 Å². The molecular formula is C19H17Cl2N3O2. The molecule has 26 heavy (non-hydrogen) atoms. The van der Waals surface area contributed by atoms with Crippen LogP contribution in [0.2, 0.25) is 10.0 Å². The molecule has 1 aliphatic rings. The Morgan fingerprint density at radius 3 is 2.69 bits per heavy atom. The number of carbonyl (C=O) groups excluding carboxylic acids is 2. The van der Waals surface area contributed by atoms with Gasteiger partial charge >= 0.3 is 0 Å². The van der Waals surface area contributed by atoms with Crippen molar-refractivity contribution in [3.05, 3.63) is 63.6 Å². The first-order chi connectivity index (χ1) is 12.5. The van der Waals surface area contributed by atoms with Gasteiger partial charge in [-0.1, -0.05) is 53.0 Å². The molecule has 1 N–H and O–H groups in total. The van der Waals surface area contributed by atoms with Crippen molar-refractivity contribution in [3.63, 3.8) is 0 Å². The molecule has 7 heteroatoms. The summed E-state index contributed by atoms with van der Waals surface area (Å²) in [4.78, 5) is 26.2. The van der Waals surface area contributed by atoms with E-state index in [0.29, 0.717) is 22.2 Å². The van der Waals surface area contributed by atoms with Crippen molar-refractivity contribution >= 4 is 46.9 Å². The molecule has 0 radical (unpaired) electrons. The lowest BCUT2D eigenvalue weighted by Gasteiger charge is -2.16. The predicted molar refractivity (Wildman–Crippen MR) is 104 cm³/mol. The molecule has 0 aromatic heterocycles. The van der Waals surface area contributed by atoms with Gasteiger partial charge in [0.1, 0.15) is 0 Å². The van der Waals surface area contributed by atoms with E-state index in [1.54, 1.807) is 23.1 Å². The third-order valence-corrected chi connectivity index (χ3v) is 5.03. The molecule has 1 fully saturated rings. The van der Waals surface area contributed by atoms with Gasteiger partial charge in [-0.2, -0.15) is 5.10 Å². The summed E-state index contributed by atoms with van der Waals surface area (Å²) in [6, 6.07) is 12.8. The van der Waals surface area contributed by atoms with Crippen molar-refractivity contribution in [1.29, 1.82) is 0 Å². The quantitative estimate of drug-likeness (QED) is 0.638. The number of hydrazone groups is 1. The second kappa shape index (κ2) is 7.89. The normalized spacial score (nSPS) is 17.1. The highest BCUT2D eigenvalue weighted by Crippen LogP contribution is 2.26. The summed E-state index contributed by atoms with van der Waals surface area (Å²) in [5.41, 5.74) is 4.98. The second-order valence-electron chi connectivity index (χ2n) is 6.12. The molecule has 0 aliphatic carbocycles. The summed E-state index contributed by atoms with van der Waals surface area (Å²) < 4.78 is 0. The summed E-state index contributed by atoms with van der Waals surface area (Å²) in [6.07, 6.45) is 1.59. The van der Waals surface area contributed by atoms with E-state index in [1.807, 2.05) is 31.2 Å². The summed E-state index contributed by atoms with van der Waals surface area (Å²) in [5.74, 6) is -0.825. The molecule has 134 valence electrons. The minimum absolute atomic E-state index is 0.0733. The van der Waals surface area contributed by atoms with Crippen LogP contribution < -0.4 is 10.3 Å². The monoisotopic (exact) mass is 389 g/mol. The van der Waals surface area contributed by atoms with Crippen LogP contribution in [0.5, 0.6) is 0 Å². The summed E-state index contributed by atoms with van der Waals surface area (Å²) >= 11 is 12.0. The van der Waals surface area contributed by atoms with Crippen LogP contribution in [0, 0.1) is 12.8 Å². The third-order valence-electron chi connectivity index (χ3n) is 4.20. The molecule has 1 saturated heterocycles. The van der Waals surface area contributed by atoms with Crippen LogP contribution in [0.15, 0.2) is 47.6 Å². The Morgan fingerprint density at radius 2 is 1.96 bits per heavy atom. The lowest BCUT2D eigenvalue weighted by molar-refractivity contribution is -0.126. The van der Waals surface area contributed by atoms with E-state index in [2.05, 4.69) is 10.5 Å². The zero-order valence-electron chi connectivity index (χ0n) is 14.1. The van der Waals surface area contributed by atoms with E-state index in [0.717, 1.165) is 11.3 Å². The molecular weight excluding hydrogens is 373 g/mol. The van der Waals surface area contributed by atoms with Gasteiger partial charge in [0.2, 0.25) is 11.8 Å². The molecule has 0 spiro atoms. The highest BCUT2D eigenvalue weighted by molar-refractivity contribution is 6.43. The van der Waals surface area contributed by atoms with E-state index in [4.69, 9.17) is 23.2 Å². The number of halogens is 2. The fraction of sp³-hybridized carbons (Fsp3) is 0.211. The first-order valence-electron chi connectivity index (χ1n) is 8.09. The molecule has 2 aromatic carbocycles. The molecule has 1 atom stereocenters. The van der Waals surface area contributed by atoms with Gasteiger partial charge in [-0.05, 0) is 25.1 Å². The van der Waals surface area contributed by atoms with Gasteiger partial charge in [-0.15, -0.1) is 0 Å². The van der Waals surface area contributed by atoms with Crippen LogP contribution in [0.3, 0.4) is 0 Å². The standard InChI is InChI=1S/C19H17Cl2N3O2/c1-12-5-7-15(8-6-12)24-11-14(9-17(24)25)19(26)23-22-10-13-3-2-4-16(20)18(13)21/h2-8,10,14H,9,11H2,1H3,(H,23,26)/b22-10+.